The molecule has 3 aliphatic rings. The van der Waals surface area contributed by atoms with Crippen molar-refractivity contribution in [3.63, 3.8) is 0 Å². The lowest BCUT2D eigenvalue weighted by molar-refractivity contribution is -0.138. The maximum atomic E-state index is 13.5. The van der Waals surface area contributed by atoms with Crippen molar-refractivity contribution in [1.82, 2.24) is 19.4 Å². The molecule has 4 aromatic rings. The second kappa shape index (κ2) is 12.7. The number of halogens is 4. The summed E-state index contributed by atoms with van der Waals surface area (Å²) in [4.78, 5) is 80.1. The highest BCUT2D eigenvalue weighted by Gasteiger charge is 2.45. The van der Waals surface area contributed by atoms with Crippen LogP contribution < -0.4 is 21.2 Å². The average Bonchev–Trinajstić information content (AvgIpc) is 3.48. The van der Waals surface area contributed by atoms with E-state index in [9.17, 15) is 41.9 Å². The van der Waals surface area contributed by atoms with E-state index < -0.39 is 58.5 Å². The van der Waals surface area contributed by atoms with Crippen LogP contribution in [0.3, 0.4) is 0 Å². The SMILES string of the molecule is Cn1c(=O)n(C(C)(C)C(=O)Nc2ccc(C(F)(F)F)cc2Cl)c2cc(C#CC3CN(c4ccc5c(c4)C(=O)N(C4CCC(=O)NC4=O)C5=O)C3)ccc21. The Morgan fingerprint density at radius 3 is 2.32 bits per heavy atom. The summed E-state index contributed by atoms with van der Waals surface area (Å²) in [6.45, 7) is 4.08. The van der Waals surface area contributed by atoms with E-state index in [4.69, 9.17) is 11.6 Å². The highest BCUT2D eigenvalue weighted by Crippen LogP contribution is 2.35. The Bertz CT molecular complexity index is 2420. The Hall–Kier alpha value is -5.88. The van der Waals surface area contributed by atoms with Crippen LogP contribution in [0, 0.1) is 17.8 Å². The van der Waals surface area contributed by atoms with Gasteiger partial charge in [0.2, 0.25) is 17.7 Å². The van der Waals surface area contributed by atoms with Crippen molar-refractivity contribution in [3.8, 4) is 11.8 Å². The number of imidazole rings is 1. The first-order valence-corrected chi connectivity index (χ1v) is 16.9. The summed E-state index contributed by atoms with van der Waals surface area (Å²) in [6, 6.07) is 11.6. The predicted octanol–water partition coefficient (Wildman–Crippen LogP) is 4.28. The zero-order chi connectivity index (χ0) is 38.1. The molecule has 3 aromatic carbocycles. The van der Waals surface area contributed by atoms with Crippen LogP contribution in [0.25, 0.3) is 11.0 Å². The van der Waals surface area contributed by atoms with Gasteiger partial charge in [-0.25, -0.2) is 4.79 Å². The van der Waals surface area contributed by atoms with Crippen LogP contribution in [0.15, 0.2) is 59.4 Å². The minimum Gasteiger partial charge on any atom is -0.369 e. The number of rotatable bonds is 5. The summed E-state index contributed by atoms with van der Waals surface area (Å²) in [5.41, 5.74) is -0.392. The number of carbonyl (C=O) groups is 5. The number of aryl methyl sites for hydroxylation is 1. The molecule has 2 saturated heterocycles. The molecule has 0 aliphatic carbocycles. The number of nitrogens with one attached hydrogen (secondary N) is 2. The molecule has 53 heavy (non-hydrogen) atoms. The number of imide groups is 2. The van der Waals surface area contributed by atoms with Crippen LogP contribution in [-0.2, 0) is 33.1 Å². The van der Waals surface area contributed by atoms with E-state index in [1.165, 1.54) is 23.0 Å². The summed E-state index contributed by atoms with van der Waals surface area (Å²) < 4.78 is 42.0. The molecule has 1 unspecified atom stereocenters. The number of amides is 5. The first-order valence-electron chi connectivity index (χ1n) is 16.5. The lowest BCUT2D eigenvalue weighted by Crippen LogP contribution is -2.54. The van der Waals surface area contributed by atoms with Gasteiger partial charge in [0, 0.05) is 37.8 Å². The maximum absolute atomic E-state index is 13.5. The molecule has 1 atom stereocenters. The van der Waals surface area contributed by atoms with Crippen molar-refractivity contribution in [1.29, 1.82) is 0 Å². The van der Waals surface area contributed by atoms with Crippen molar-refractivity contribution in [2.75, 3.05) is 23.3 Å². The number of benzene rings is 3. The fourth-order valence-corrected chi connectivity index (χ4v) is 6.98. The Labute approximate surface area is 304 Å². The molecule has 0 bridgehead atoms. The Morgan fingerprint density at radius 1 is 0.925 bits per heavy atom. The molecule has 0 saturated carbocycles. The minimum absolute atomic E-state index is 0.0314. The molecule has 272 valence electrons. The van der Waals surface area contributed by atoms with Crippen LogP contribution in [0.2, 0.25) is 5.02 Å². The Balaban J connectivity index is 1.06. The molecule has 2 fully saturated rings. The molecule has 2 N–H and O–H groups in total. The van der Waals surface area contributed by atoms with Crippen LogP contribution in [0.5, 0.6) is 0 Å². The fourth-order valence-electron chi connectivity index (χ4n) is 6.75. The number of fused-ring (bicyclic) bond motifs is 2. The second-order valence-electron chi connectivity index (χ2n) is 13.6. The van der Waals surface area contributed by atoms with E-state index in [1.54, 1.807) is 43.4 Å². The van der Waals surface area contributed by atoms with E-state index >= 15 is 0 Å². The van der Waals surface area contributed by atoms with Gasteiger partial charge < -0.3 is 10.2 Å². The van der Waals surface area contributed by atoms with E-state index in [0.717, 1.165) is 17.0 Å². The average molecular weight is 747 g/mol. The number of carbonyl (C=O) groups excluding carboxylic acids is 5. The predicted molar refractivity (Wildman–Crippen MR) is 187 cm³/mol. The summed E-state index contributed by atoms with van der Waals surface area (Å²) in [7, 11) is 1.56. The zero-order valence-electron chi connectivity index (χ0n) is 28.4. The van der Waals surface area contributed by atoms with Gasteiger partial charge >= 0.3 is 11.9 Å². The molecular weight excluding hydrogens is 717 g/mol. The van der Waals surface area contributed by atoms with Crippen molar-refractivity contribution < 1.29 is 37.1 Å². The van der Waals surface area contributed by atoms with Gasteiger partial charge in [0.25, 0.3) is 11.8 Å². The van der Waals surface area contributed by atoms with Crippen LogP contribution in [0.1, 0.15) is 58.5 Å². The van der Waals surface area contributed by atoms with E-state index in [1.807, 2.05) is 4.90 Å². The summed E-state index contributed by atoms with van der Waals surface area (Å²) in [5, 5.41) is 4.43. The molecule has 4 heterocycles. The quantitative estimate of drug-likeness (QED) is 0.230. The maximum Gasteiger partial charge on any atom is 0.416 e. The third kappa shape index (κ3) is 6.12. The molecule has 12 nitrogen and oxygen atoms in total. The molecule has 7 rings (SSSR count). The largest absolute Gasteiger partial charge is 0.416 e. The number of anilines is 2. The first kappa shape index (κ1) is 35.5. The number of alkyl halides is 3. The van der Waals surface area contributed by atoms with E-state index in [2.05, 4.69) is 22.5 Å². The van der Waals surface area contributed by atoms with Crippen molar-refractivity contribution in [3.05, 3.63) is 92.4 Å². The van der Waals surface area contributed by atoms with Gasteiger partial charge in [0.15, 0.2) is 0 Å². The van der Waals surface area contributed by atoms with Gasteiger partial charge in [-0.15, -0.1) is 0 Å². The van der Waals surface area contributed by atoms with Crippen LogP contribution in [-0.4, -0.2) is 62.7 Å². The topological polar surface area (TPSA) is 143 Å². The zero-order valence-corrected chi connectivity index (χ0v) is 29.2. The third-order valence-electron chi connectivity index (χ3n) is 9.81. The highest BCUT2D eigenvalue weighted by atomic mass is 35.5. The van der Waals surface area contributed by atoms with Gasteiger partial charge in [-0.05, 0) is 74.9 Å². The molecular formula is C37H30ClF3N6O6. The first-order chi connectivity index (χ1) is 24.9. The Morgan fingerprint density at radius 2 is 1.64 bits per heavy atom. The van der Waals surface area contributed by atoms with Gasteiger partial charge in [-0.2, -0.15) is 13.2 Å². The Kier molecular flexibility index (Phi) is 8.48. The summed E-state index contributed by atoms with van der Waals surface area (Å²) in [6.07, 6.45) is -4.51. The number of nitrogens with zero attached hydrogens (tertiary/aromatic N) is 4. The minimum atomic E-state index is -4.61. The van der Waals surface area contributed by atoms with Gasteiger partial charge in [0.1, 0.15) is 11.6 Å². The molecule has 16 heteroatoms. The normalized spacial score (nSPS) is 17.8. The van der Waals surface area contributed by atoms with E-state index in [-0.39, 0.29) is 40.6 Å². The lowest BCUT2D eigenvalue weighted by atomic mass is 9.98. The molecule has 3 aliphatic heterocycles. The fraction of sp³-hybridized carbons (Fsp3) is 0.297. The smallest absolute Gasteiger partial charge is 0.369 e. The van der Waals surface area contributed by atoms with E-state index in [0.29, 0.717) is 41.4 Å². The van der Waals surface area contributed by atoms with Crippen molar-refractivity contribution in [2.45, 2.75) is 44.4 Å². The highest BCUT2D eigenvalue weighted by molar-refractivity contribution is 6.33. The molecule has 0 radical (unpaired) electrons. The molecule has 1 aromatic heterocycles. The number of hydrogen-bond acceptors (Lipinski definition) is 7. The van der Waals surface area contributed by atoms with Crippen molar-refractivity contribution in [2.24, 2.45) is 13.0 Å². The number of hydrogen-bond donors (Lipinski definition) is 2. The third-order valence-corrected chi connectivity index (χ3v) is 10.1. The summed E-state index contributed by atoms with van der Waals surface area (Å²) >= 11 is 6.07. The molecule has 5 amide bonds. The summed E-state index contributed by atoms with van der Waals surface area (Å²) in [5.74, 6) is 3.34. The van der Waals surface area contributed by atoms with Gasteiger partial charge in [-0.1, -0.05) is 23.4 Å². The van der Waals surface area contributed by atoms with Crippen LogP contribution in [0.4, 0.5) is 24.5 Å². The second-order valence-corrected chi connectivity index (χ2v) is 14.0. The lowest BCUT2D eigenvalue weighted by Gasteiger charge is -2.38. The standard InChI is InChI=1S/C37H30ClF3N6O6/c1-36(2,34(52)42-26-10-7-21(15-25(26)38)37(39,40)41)47-29-14-19(6-11-27(29)44(3)35(47)53)4-5-20-17-45(18-20)22-8-9-23-24(16-22)33(51)46(32(23)50)28-12-13-30(48)43-31(28)49/h6-11,14-16,20,28H,12-13,17-18H2,1-3H3,(H,42,52)(H,43,48,49). The van der Waals surface area contributed by atoms with Crippen LogP contribution >= 0.6 is 11.6 Å². The van der Waals surface area contributed by atoms with Crippen molar-refractivity contribution >= 4 is 63.5 Å². The van der Waals surface area contributed by atoms with Gasteiger partial charge in [-0.3, -0.25) is 43.3 Å². The number of aromatic nitrogens is 2. The monoisotopic (exact) mass is 746 g/mol. The van der Waals surface area contributed by atoms with Gasteiger partial charge in [0.05, 0.1) is 44.4 Å². The number of piperidine rings is 1. The molecule has 0 spiro atoms.